The fraction of sp³-hybridized carbons (Fsp3) is 0.143. The molecule has 0 saturated carbocycles. The SMILES string of the molecule is BCc1ccc(OC)c(-c2cccc(Cl)c2)c1. The van der Waals surface area contributed by atoms with Gasteiger partial charge in [-0.3, -0.25) is 0 Å². The van der Waals surface area contributed by atoms with Crippen molar-refractivity contribution in [1.29, 1.82) is 0 Å². The smallest absolute Gasteiger partial charge is 0.126 e. The second-order valence-electron chi connectivity index (χ2n) is 3.90. The summed E-state index contributed by atoms with van der Waals surface area (Å²) < 4.78 is 5.40. The van der Waals surface area contributed by atoms with Gasteiger partial charge in [-0.25, -0.2) is 0 Å². The van der Waals surface area contributed by atoms with E-state index in [-0.39, 0.29) is 0 Å². The van der Waals surface area contributed by atoms with E-state index in [9.17, 15) is 0 Å². The summed E-state index contributed by atoms with van der Waals surface area (Å²) in [6, 6.07) is 14.1. The van der Waals surface area contributed by atoms with Crippen molar-refractivity contribution in [3.8, 4) is 16.9 Å². The topological polar surface area (TPSA) is 9.23 Å². The molecule has 3 heteroatoms. The molecule has 2 aromatic carbocycles. The number of hydrogen-bond acceptors (Lipinski definition) is 1. The molecule has 17 heavy (non-hydrogen) atoms. The van der Waals surface area contributed by atoms with Crippen molar-refractivity contribution in [3.63, 3.8) is 0 Å². The van der Waals surface area contributed by atoms with Crippen LogP contribution in [0.15, 0.2) is 42.5 Å². The third kappa shape index (κ3) is 2.64. The fourth-order valence-electron chi connectivity index (χ4n) is 1.86. The van der Waals surface area contributed by atoms with E-state index in [0.717, 1.165) is 28.2 Å². The first-order valence-electron chi connectivity index (χ1n) is 5.67. The van der Waals surface area contributed by atoms with Gasteiger partial charge in [-0.2, -0.15) is 0 Å². The van der Waals surface area contributed by atoms with Crippen molar-refractivity contribution >= 4 is 19.4 Å². The van der Waals surface area contributed by atoms with E-state index in [1.165, 1.54) is 5.56 Å². The Balaban J connectivity index is 2.56. The zero-order valence-corrected chi connectivity index (χ0v) is 10.8. The molecule has 2 aromatic rings. The molecule has 0 aliphatic rings. The van der Waals surface area contributed by atoms with E-state index >= 15 is 0 Å². The van der Waals surface area contributed by atoms with Crippen LogP contribution in [-0.2, 0) is 6.32 Å². The minimum absolute atomic E-state index is 0.742. The molecule has 0 saturated heterocycles. The van der Waals surface area contributed by atoms with Gasteiger partial charge >= 0.3 is 0 Å². The molecule has 0 radical (unpaired) electrons. The molecule has 0 fully saturated rings. The largest absolute Gasteiger partial charge is 0.496 e. The second kappa shape index (κ2) is 5.28. The molecule has 0 N–H and O–H groups in total. The van der Waals surface area contributed by atoms with Gasteiger partial charge in [-0.15, -0.1) is 0 Å². The molecule has 0 heterocycles. The second-order valence-corrected chi connectivity index (χ2v) is 4.33. The highest BCUT2D eigenvalue weighted by atomic mass is 35.5. The van der Waals surface area contributed by atoms with Crippen molar-refractivity contribution in [1.82, 2.24) is 0 Å². The zero-order valence-electron chi connectivity index (χ0n) is 10.0. The third-order valence-electron chi connectivity index (χ3n) is 2.81. The van der Waals surface area contributed by atoms with Crippen molar-refractivity contribution in [2.75, 3.05) is 7.11 Å². The van der Waals surface area contributed by atoms with Crippen LogP contribution in [0.1, 0.15) is 5.56 Å². The van der Waals surface area contributed by atoms with Gasteiger partial charge in [0.05, 0.1) is 7.11 Å². The molecular formula is C14H14BClO. The summed E-state index contributed by atoms with van der Waals surface area (Å²) in [7, 11) is 3.83. The van der Waals surface area contributed by atoms with Gasteiger partial charge in [0.15, 0.2) is 0 Å². The van der Waals surface area contributed by atoms with E-state index in [4.69, 9.17) is 16.3 Å². The zero-order chi connectivity index (χ0) is 12.3. The lowest BCUT2D eigenvalue weighted by atomic mass is 9.93. The van der Waals surface area contributed by atoms with Crippen molar-refractivity contribution in [3.05, 3.63) is 53.1 Å². The number of halogens is 1. The highest BCUT2D eigenvalue weighted by Gasteiger charge is 2.06. The first-order chi connectivity index (χ1) is 8.24. The first-order valence-corrected chi connectivity index (χ1v) is 6.05. The molecule has 86 valence electrons. The molecule has 0 amide bonds. The summed E-state index contributed by atoms with van der Waals surface area (Å²) in [5.41, 5.74) is 3.47. The van der Waals surface area contributed by atoms with Crippen LogP contribution in [0.4, 0.5) is 0 Å². The molecule has 0 atom stereocenters. The molecule has 0 aliphatic carbocycles. The minimum Gasteiger partial charge on any atom is -0.496 e. The van der Waals surface area contributed by atoms with E-state index in [0.29, 0.717) is 0 Å². The van der Waals surface area contributed by atoms with Crippen molar-refractivity contribution in [2.24, 2.45) is 0 Å². The van der Waals surface area contributed by atoms with E-state index in [2.05, 4.69) is 20.0 Å². The Kier molecular flexibility index (Phi) is 3.75. The summed E-state index contributed by atoms with van der Waals surface area (Å²) in [6.45, 7) is 0. The van der Waals surface area contributed by atoms with Gasteiger partial charge in [0, 0.05) is 10.6 Å². The first kappa shape index (κ1) is 12.1. The molecule has 2 rings (SSSR count). The Morgan fingerprint density at radius 1 is 1.18 bits per heavy atom. The lowest BCUT2D eigenvalue weighted by molar-refractivity contribution is 0.416. The van der Waals surface area contributed by atoms with Crippen LogP contribution < -0.4 is 4.74 Å². The van der Waals surface area contributed by atoms with Crippen LogP contribution in [0.5, 0.6) is 5.75 Å². The number of rotatable bonds is 3. The Morgan fingerprint density at radius 2 is 2.00 bits per heavy atom. The van der Waals surface area contributed by atoms with Crippen molar-refractivity contribution in [2.45, 2.75) is 6.32 Å². The monoisotopic (exact) mass is 244 g/mol. The Bertz CT molecular complexity index is 525. The van der Waals surface area contributed by atoms with Crippen LogP contribution >= 0.6 is 11.6 Å². The molecule has 0 aromatic heterocycles. The van der Waals surface area contributed by atoms with Gasteiger partial charge < -0.3 is 4.74 Å². The summed E-state index contributed by atoms with van der Waals surface area (Å²) in [5.74, 6) is 0.879. The Morgan fingerprint density at radius 3 is 2.65 bits per heavy atom. The lowest BCUT2D eigenvalue weighted by Gasteiger charge is -2.10. The molecule has 0 bridgehead atoms. The van der Waals surface area contributed by atoms with Crippen molar-refractivity contribution < 1.29 is 4.74 Å². The summed E-state index contributed by atoms with van der Waals surface area (Å²) >= 11 is 6.02. The van der Waals surface area contributed by atoms with Gasteiger partial charge in [-0.1, -0.05) is 41.7 Å². The third-order valence-corrected chi connectivity index (χ3v) is 3.04. The molecule has 0 unspecified atom stereocenters. The van der Waals surface area contributed by atoms with Gasteiger partial charge in [0.2, 0.25) is 0 Å². The lowest BCUT2D eigenvalue weighted by Crippen LogP contribution is -1.91. The standard InChI is InChI=1S/C14H14BClO/c1-17-14-6-5-10(9-15)7-13(14)11-3-2-4-12(16)8-11/h2-8H,9,15H2,1H3. The Labute approximate surface area is 108 Å². The highest BCUT2D eigenvalue weighted by molar-refractivity contribution is 6.30. The van der Waals surface area contributed by atoms with Gasteiger partial charge in [-0.05, 0) is 29.8 Å². The average Bonchev–Trinajstić information content (AvgIpc) is 2.38. The van der Waals surface area contributed by atoms with Crippen LogP contribution in [0.3, 0.4) is 0 Å². The Hall–Kier alpha value is -1.41. The summed E-state index contributed by atoms with van der Waals surface area (Å²) in [5, 5.41) is 0.742. The van der Waals surface area contributed by atoms with Gasteiger partial charge in [0.1, 0.15) is 13.6 Å². The quantitative estimate of drug-likeness (QED) is 0.754. The highest BCUT2D eigenvalue weighted by Crippen LogP contribution is 2.32. The predicted octanol–water partition coefficient (Wildman–Crippen LogP) is 3.15. The maximum Gasteiger partial charge on any atom is 0.126 e. The van der Waals surface area contributed by atoms with E-state index < -0.39 is 0 Å². The van der Waals surface area contributed by atoms with E-state index in [1.54, 1.807) is 7.11 Å². The molecule has 1 nitrogen and oxygen atoms in total. The molecular weight excluding hydrogens is 230 g/mol. The average molecular weight is 245 g/mol. The number of ether oxygens (including phenoxy) is 1. The molecule has 0 aliphatic heterocycles. The number of hydrogen-bond donors (Lipinski definition) is 0. The van der Waals surface area contributed by atoms with Crippen LogP contribution in [-0.4, -0.2) is 15.0 Å². The number of benzene rings is 2. The van der Waals surface area contributed by atoms with Gasteiger partial charge in [0.25, 0.3) is 0 Å². The maximum absolute atomic E-state index is 6.02. The number of methoxy groups -OCH3 is 1. The molecule has 0 spiro atoms. The fourth-order valence-corrected chi connectivity index (χ4v) is 2.05. The summed E-state index contributed by atoms with van der Waals surface area (Å²) in [4.78, 5) is 0. The predicted molar refractivity (Wildman–Crippen MR) is 75.7 cm³/mol. The van der Waals surface area contributed by atoms with Crippen LogP contribution in [0.25, 0.3) is 11.1 Å². The van der Waals surface area contributed by atoms with E-state index in [1.807, 2.05) is 30.3 Å². The normalized spacial score (nSPS) is 10.2. The minimum atomic E-state index is 0.742. The summed E-state index contributed by atoms with van der Waals surface area (Å²) in [6.07, 6.45) is 1.01. The van der Waals surface area contributed by atoms with Crippen LogP contribution in [0, 0.1) is 0 Å². The van der Waals surface area contributed by atoms with Crippen LogP contribution in [0.2, 0.25) is 5.02 Å². The maximum atomic E-state index is 6.02.